The summed E-state index contributed by atoms with van der Waals surface area (Å²) >= 11 is 0. The molecule has 3 rings (SSSR count). The fraction of sp³-hybridized carbons (Fsp3) is 0.533. The average molecular weight is 262 g/mol. The van der Waals surface area contributed by atoms with Crippen LogP contribution in [0.3, 0.4) is 0 Å². The number of nitrogens with zero attached hydrogens (tertiary/aromatic N) is 1. The van der Waals surface area contributed by atoms with E-state index in [9.17, 15) is 9.18 Å². The van der Waals surface area contributed by atoms with E-state index in [2.05, 4.69) is 12.2 Å². The Kier molecular flexibility index (Phi) is 3.17. The lowest BCUT2D eigenvalue weighted by Crippen LogP contribution is -2.39. The molecule has 0 saturated carbocycles. The minimum absolute atomic E-state index is 0.00791. The van der Waals surface area contributed by atoms with Crippen LogP contribution in [0.25, 0.3) is 0 Å². The van der Waals surface area contributed by atoms with Crippen molar-refractivity contribution < 1.29 is 9.18 Å². The van der Waals surface area contributed by atoms with Crippen molar-refractivity contribution in [2.24, 2.45) is 5.92 Å². The molecular weight excluding hydrogens is 243 g/mol. The van der Waals surface area contributed by atoms with Gasteiger partial charge in [0.25, 0.3) is 0 Å². The van der Waals surface area contributed by atoms with Crippen molar-refractivity contribution in [3.8, 4) is 0 Å². The standard InChI is InChI=1S/C15H19FN2O/c1-10-6-7-18(9-10)15(19)17-14-5-3-11-2-4-12(16)8-13(11)14/h2,4,8,10,14H,3,5-7,9H2,1H3,(H,17,19). The second-order valence-corrected chi connectivity index (χ2v) is 5.72. The highest BCUT2D eigenvalue weighted by molar-refractivity contribution is 5.75. The Hall–Kier alpha value is -1.58. The van der Waals surface area contributed by atoms with Crippen LogP contribution in [-0.2, 0) is 6.42 Å². The number of urea groups is 1. The van der Waals surface area contributed by atoms with Gasteiger partial charge in [-0.3, -0.25) is 0 Å². The topological polar surface area (TPSA) is 32.3 Å². The first-order valence-electron chi connectivity index (χ1n) is 6.97. The molecule has 0 bridgehead atoms. The zero-order chi connectivity index (χ0) is 13.4. The van der Waals surface area contributed by atoms with E-state index in [0.717, 1.165) is 43.5 Å². The summed E-state index contributed by atoms with van der Waals surface area (Å²) in [5.41, 5.74) is 2.10. The van der Waals surface area contributed by atoms with Gasteiger partial charge in [-0.25, -0.2) is 9.18 Å². The number of rotatable bonds is 1. The molecule has 0 aromatic heterocycles. The first-order valence-corrected chi connectivity index (χ1v) is 6.97. The molecule has 1 heterocycles. The number of aryl methyl sites for hydroxylation is 1. The van der Waals surface area contributed by atoms with Crippen molar-refractivity contribution in [3.05, 3.63) is 35.1 Å². The van der Waals surface area contributed by atoms with Crippen molar-refractivity contribution in [1.29, 1.82) is 0 Å². The summed E-state index contributed by atoms with van der Waals surface area (Å²) in [6, 6.07) is 4.83. The molecule has 1 saturated heterocycles. The Morgan fingerprint density at radius 3 is 3.00 bits per heavy atom. The van der Waals surface area contributed by atoms with E-state index in [1.165, 1.54) is 6.07 Å². The number of likely N-dealkylation sites (tertiary alicyclic amines) is 1. The van der Waals surface area contributed by atoms with Crippen LogP contribution >= 0.6 is 0 Å². The van der Waals surface area contributed by atoms with Gasteiger partial charge < -0.3 is 10.2 Å². The Morgan fingerprint density at radius 2 is 2.26 bits per heavy atom. The predicted molar refractivity (Wildman–Crippen MR) is 71.3 cm³/mol. The van der Waals surface area contributed by atoms with Gasteiger partial charge in [0.1, 0.15) is 5.82 Å². The molecule has 1 N–H and O–H groups in total. The van der Waals surface area contributed by atoms with Gasteiger partial charge in [0.05, 0.1) is 6.04 Å². The summed E-state index contributed by atoms with van der Waals surface area (Å²) in [5, 5.41) is 3.05. The molecule has 1 aromatic carbocycles. The van der Waals surface area contributed by atoms with E-state index in [1.807, 2.05) is 11.0 Å². The van der Waals surface area contributed by atoms with Gasteiger partial charge >= 0.3 is 6.03 Å². The number of halogens is 1. The third kappa shape index (κ3) is 2.44. The third-order valence-electron chi connectivity index (χ3n) is 4.19. The van der Waals surface area contributed by atoms with Crippen LogP contribution in [0.5, 0.6) is 0 Å². The minimum Gasteiger partial charge on any atom is -0.331 e. The Morgan fingerprint density at radius 1 is 1.42 bits per heavy atom. The lowest BCUT2D eigenvalue weighted by molar-refractivity contribution is 0.203. The fourth-order valence-electron chi connectivity index (χ4n) is 3.08. The van der Waals surface area contributed by atoms with Crippen molar-refractivity contribution in [3.63, 3.8) is 0 Å². The second kappa shape index (κ2) is 4.83. The molecular formula is C15H19FN2O. The van der Waals surface area contributed by atoms with Gasteiger partial charge in [-0.05, 0) is 48.4 Å². The number of hydrogen-bond acceptors (Lipinski definition) is 1. The number of nitrogens with one attached hydrogen (secondary N) is 1. The number of carbonyl (C=O) groups excluding carboxylic acids is 1. The molecule has 1 aliphatic carbocycles. The molecule has 1 fully saturated rings. The van der Waals surface area contributed by atoms with Gasteiger partial charge in [0.2, 0.25) is 0 Å². The third-order valence-corrected chi connectivity index (χ3v) is 4.19. The number of fused-ring (bicyclic) bond motifs is 1. The summed E-state index contributed by atoms with van der Waals surface area (Å²) in [6.45, 7) is 3.82. The van der Waals surface area contributed by atoms with Crippen LogP contribution in [0.1, 0.15) is 36.9 Å². The van der Waals surface area contributed by atoms with Gasteiger partial charge in [0.15, 0.2) is 0 Å². The average Bonchev–Trinajstić information content (AvgIpc) is 2.97. The summed E-state index contributed by atoms with van der Waals surface area (Å²) in [5.74, 6) is 0.355. The van der Waals surface area contributed by atoms with Crippen LogP contribution in [0, 0.1) is 11.7 Å². The van der Waals surface area contributed by atoms with Crippen LogP contribution in [-0.4, -0.2) is 24.0 Å². The molecule has 2 unspecified atom stereocenters. The van der Waals surface area contributed by atoms with Crippen molar-refractivity contribution in [2.45, 2.75) is 32.2 Å². The van der Waals surface area contributed by atoms with Crippen LogP contribution in [0.15, 0.2) is 18.2 Å². The van der Waals surface area contributed by atoms with E-state index in [-0.39, 0.29) is 17.9 Å². The number of benzene rings is 1. The molecule has 0 radical (unpaired) electrons. The largest absolute Gasteiger partial charge is 0.331 e. The molecule has 2 atom stereocenters. The monoisotopic (exact) mass is 262 g/mol. The normalized spacial score (nSPS) is 25.5. The van der Waals surface area contributed by atoms with E-state index < -0.39 is 0 Å². The van der Waals surface area contributed by atoms with Gasteiger partial charge in [-0.2, -0.15) is 0 Å². The lowest BCUT2D eigenvalue weighted by Gasteiger charge is -2.21. The molecule has 1 aromatic rings. The summed E-state index contributed by atoms with van der Waals surface area (Å²) in [7, 11) is 0. The quantitative estimate of drug-likeness (QED) is 0.829. The maximum Gasteiger partial charge on any atom is 0.317 e. The van der Waals surface area contributed by atoms with E-state index in [1.54, 1.807) is 6.07 Å². The highest BCUT2D eigenvalue weighted by atomic mass is 19.1. The number of carbonyl (C=O) groups is 1. The summed E-state index contributed by atoms with van der Waals surface area (Å²) in [4.78, 5) is 14.0. The minimum atomic E-state index is -0.227. The Balaban J connectivity index is 1.69. The number of hydrogen-bond donors (Lipinski definition) is 1. The first-order chi connectivity index (χ1) is 9.13. The predicted octanol–water partition coefficient (Wildman–Crippen LogP) is 2.86. The number of amides is 2. The van der Waals surface area contributed by atoms with Crippen molar-refractivity contribution in [1.82, 2.24) is 10.2 Å². The van der Waals surface area contributed by atoms with E-state index in [0.29, 0.717) is 5.92 Å². The molecule has 2 aliphatic rings. The molecule has 4 heteroatoms. The zero-order valence-corrected chi connectivity index (χ0v) is 11.2. The van der Waals surface area contributed by atoms with Crippen LogP contribution in [0.4, 0.5) is 9.18 Å². The maximum absolute atomic E-state index is 13.3. The van der Waals surface area contributed by atoms with Gasteiger partial charge in [-0.1, -0.05) is 13.0 Å². The van der Waals surface area contributed by atoms with Crippen molar-refractivity contribution >= 4 is 6.03 Å². The second-order valence-electron chi connectivity index (χ2n) is 5.72. The van der Waals surface area contributed by atoms with E-state index in [4.69, 9.17) is 0 Å². The van der Waals surface area contributed by atoms with Crippen LogP contribution in [0.2, 0.25) is 0 Å². The van der Waals surface area contributed by atoms with Gasteiger partial charge in [-0.15, -0.1) is 0 Å². The van der Waals surface area contributed by atoms with Crippen molar-refractivity contribution in [2.75, 3.05) is 13.1 Å². The highest BCUT2D eigenvalue weighted by Crippen LogP contribution is 2.31. The highest BCUT2D eigenvalue weighted by Gasteiger charge is 2.28. The summed E-state index contributed by atoms with van der Waals surface area (Å²) < 4.78 is 13.3. The van der Waals surface area contributed by atoms with E-state index >= 15 is 0 Å². The smallest absolute Gasteiger partial charge is 0.317 e. The summed E-state index contributed by atoms with van der Waals surface area (Å²) in [6.07, 6.45) is 2.86. The zero-order valence-electron chi connectivity index (χ0n) is 11.2. The Bertz CT molecular complexity index is 503. The molecule has 2 amide bonds. The first kappa shape index (κ1) is 12.5. The van der Waals surface area contributed by atoms with Crippen LogP contribution < -0.4 is 5.32 Å². The fourth-order valence-corrected chi connectivity index (χ4v) is 3.08. The molecule has 0 spiro atoms. The SMILES string of the molecule is CC1CCN(C(=O)NC2CCc3ccc(F)cc32)C1. The molecule has 102 valence electrons. The maximum atomic E-state index is 13.3. The van der Waals surface area contributed by atoms with Gasteiger partial charge in [0, 0.05) is 13.1 Å². The lowest BCUT2D eigenvalue weighted by atomic mass is 10.1. The molecule has 1 aliphatic heterocycles. The Labute approximate surface area is 112 Å². The molecule has 19 heavy (non-hydrogen) atoms. The molecule has 3 nitrogen and oxygen atoms in total.